The van der Waals surface area contributed by atoms with Crippen LogP contribution in [0.1, 0.15) is 24.0 Å². The first kappa shape index (κ1) is 14.6. The molecule has 1 fully saturated rings. The van der Waals surface area contributed by atoms with Gasteiger partial charge in [0.1, 0.15) is 0 Å². The van der Waals surface area contributed by atoms with Crippen LogP contribution >= 0.6 is 24.8 Å². The van der Waals surface area contributed by atoms with Gasteiger partial charge in [0.15, 0.2) is 0 Å². The molecular formula is C13H20Cl2N2. The highest BCUT2D eigenvalue weighted by Crippen LogP contribution is 2.27. The normalized spacial score (nSPS) is 17.9. The minimum atomic E-state index is 0. The van der Waals surface area contributed by atoms with Gasteiger partial charge in [-0.25, -0.2) is 0 Å². The van der Waals surface area contributed by atoms with Gasteiger partial charge in [0, 0.05) is 18.8 Å². The lowest BCUT2D eigenvalue weighted by Crippen LogP contribution is -2.19. The number of likely N-dealkylation sites (tertiary alicyclic amines) is 1. The van der Waals surface area contributed by atoms with Gasteiger partial charge in [-0.1, -0.05) is 12.1 Å². The second-order valence-electron chi connectivity index (χ2n) is 4.60. The van der Waals surface area contributed by atoms with Crippen LogP contribution in [0.15, 0.2) is 18.2 Å². The zero-order valence-corrected chi connectivity index (χ0v) is 11.6. The molecule has 0 atom stereocenters. The quantitative estimate of drug-likeness (QED) is 0.892. The molecule has 17 heavy (non-hydrogen) atoms. The first-order valence-electron chi connectivity index (χ1n) is 6.00. The van der Waals surface area contributed by atoms with Crippen LogP contribution in [-0.2, 0) is 13.0 Å². The van der Waals surface area contributed by atoms with Crippen LogP contribution in [0.2, 0.25) is 0 Å². The standard InChI is InChI=1S/C13H18N2.2ClH/c1-2-9-15(8-1)10-11-4-3-5-13-12(11)6-7-14-13;;/h3-5,14H,1-2,6-10H2;2*1H. The highest BCUT2D eigenvalue weighted by molar-refractivity contribution is 5.85. The molecule has 0 aromatic heterocycles. The fourth-order valence-electron chi connectivity index (χ4n) is 2.75. The molecule has 0 radical (unpaired) electrons. The van der Waals surface area contributed by atoms with Gasteiger partial charge in [0.2, 0.25) is 0 Å². The molecule has 0 spiro atoms. The first-order valence-corrected chi connectivity index (χ1v) is 6.00. The molecule has 1 saturated heterocycles. The summed E-state index contributed by atoms with van der Waals surface area (Å²) < 4.78 is 0. The Bertz CT molecular complexity index is 362. The number of fused-ring (bicyclic) bond motifs is 1. The van der Waals surface area contributed by atoms with Crippen LogP contribution in [0.3, 0.4) is 0 Å². The van der Waals surface area contributed by atoms with Crippen LogP contribution in [0.4, 0.5) is 5.69 Å². The van der Waals surface area contributed by atoms with Crippen LogP contribution < -0.4 is 5.32 Å². The lowest BCUT2D eigenvalue weighted by molar-refractivity contribution is 0.330. The van der Waals surface area contributed by atoms with Crippen molar-refractivity contribution in [3.63, 3.8) is 0 Å². The topological polar surface area (TPSA) is 15.3 Å². The summed E-state index contributed by atoms with van der Waals surface area (Å²) in [6, 6.07) is 6.68. The molecule has 2 heterocycles. The summed E-state index contributed by atoms with van der Waals surface area (Å²) >= 11 is 0. The number of nitrogens with zero attached hydrogens (tertiary/aromatic N) is 1. The second-order valence-corrected chi connectivity index (χ2v) is 4.60. The van der Waals surface area contributed by atoms with E-state index >= 15 is 0 Å². The van der Waals surface area contributed by atoms with Crippen molar-refractivity contribution < 1.29 is 0 Å². The number of nitrogens with one attached hydrogen (secondary N) is 1. The van der Waals surface area contributed by atoms with E-state index in [0.717, 1.165) is 13.1 Å². The van der Waals surface area contributed by atoms with Crippen LogP contribution in [0.5, 0.6) is 0 Å². The second kappa shape index (κ2) is 6.48. The van der Waals surface area contributed by atoms with E-state index in [1.54, 1.807) is 11.1 Å². The van der Waals surface area contributed by atoms with Crippen LogP contribution in [0.25, 0.3) is 0 Å². The van der Waals surface area contributed by atoms with Crippen molar-refractivity contribution in [3.8, 4) is 0 Å². The number of benzene rings is 1. The van der Waals surface area contributed by atoms with Crippen molar-refractivity contribution in [2.45, 2.75) is 25.8 Å². The van der Waals surface area contributed by atoms with E-state index in [2.05, 4.69) is 28.4 Å². The summed E-state index contributed by atoms with van der Waals surface area (Å²) in [5.41, 5.74) is 4.47. The lowest BCUT2D eigenvalue weighted by atomic mass is 10.0. The molecule has 4 heteroatoms. The van der Waals surface area contributed by atoms with Crippen LogP contribution in [0, 0.1) is 0 Å². The van der Waals surface area contributed by atoms with Crippen molar-refractivity contribution >= 4 is 30.5 Å². The summed E-state index contributed by atoms with van der Waals surface area (Å²) in [6.07, 6.45) is 3.97. The van der Waals surface area contributed by atoms with Gasteiger partial charge >= 0.3 is 0 Å². The number of hydrogen-bond acceptors (Lipinski definition) is 2. The molecule has 3 rings (SSSR count). The van der Waals surface area contributed by atoms with E-state index in [9.17, 15) is 0 Å². The van der Waals surface area contributed by atoms with Gasteiger partial charge in [0.25, 0.3) is 0 Å². The monoisotopic (exact) mass is 274 g/mol. The molecule has 0 amide bonds. The number of halogens is 2. The third kappa shape index (κ3) is 3.06. The van der Waals surface area contributed by atoms with E-state index in [4.69, 9.17) is 0 Å². The predicted molar refractivity (Wildman–Crippen MR) is 77.6 cm³/mol. The summed E-state index contributed by atoms with van der Waals surface area (Å²) in [5, 5.41) is 3.45. The van der Waals surface area contributed by atoms with Gasteiger partial charge in [-0.05, 0) is 49.5 Å². The summed E-state index contributed by atoms with van der Waals surface area (Å²) in [6.45, 7) is 4.85. The van der Waals surface area contributed by atoms with E-state index in [0.29, 0.717) is 0 Å². The molecule has 0 bridgehead atoms. The minimum absolute atomic E-state index is 0. The number of anilines is 1. The van der Waals surface area contributed by atoms with Crippen LogP contribution in [-0.4, -0.2) is 24.5 Å². The van der Waals surface area contributed by atoms with Crippen molar-refractivity contribution in [3.05, 3.63) is 29.3 Å². The Morgan fingerprint density at radius 1 is 1.12 bits per heavy atom. The molecule has 1 aromatic carbocycles. The van der Waals surface area contributed by atoms with E-state index < -0.39 is 0 Å². The Morgan fingerprint density at radius 3 is 2.65 bits per heavy atom. The molecule has 0 unspecified atom stereocenters. The molecule has 0 saturated carbocycles. The number of rotatable bonds is 2. The van der Waals surface area contributed by atoms with Gasteiger partial charge in [-0.15, -0.1) is 24.8 Å². The Balaban J connectivity index is 0.000000722. The average molecular weight is 275 g/mol. The molecule has 1 aromatic rings. The molecule has 2 aliphatic rings. The molecule has 0 aliphatic carbocycles. The maximum absolute atomic E-state index is 3.45. The maximum Gasteiger partial charge on any atom is 0.0376 e. The smallest absolute Gasteiger partial charge is 0.0376 e. The Morgan fingerprint density at radius 2 is 1.88 bits per heavy atom. The third-order valence-corrected chi connectivity index (χ3v) is 3.56. The first-order chi connectivity index (χ1) is 7.43. The molecule has 1 N–H and O–H groups in total. The molecular weight excluding hydrogens is 255 g/mol. The zero-order chi connectivity index (χ0) is 10.1. The fourth-order valence-corrected chi connectivity index (χ4v) is 2.75. The molecule has 96 valence electrons. The largest absolute Gasteiger partial charge is 0.384 e. The molecule has 2 nitrogen and oxygen atoms in total. The average Bonchev–Trinajstić information content (AvgIpc) is 2.87. The summed E-state index contributed by atoms with van der Waals surface area (Å²) in [4.78, 5) is 2.58. The van der Waals surface area contributed by atoms with E-state index in [-0.39, 0.29) is 24.8 Å². The van der Waals surface area contributed by atoms with Gasteiger partial charge in [-0.2, -0.15) is 0 Å². The van der Waals surface area contributed by atoms with Crippen molar-refractivity contribution in [2.24, 2.45) is 0 Å². The molecule has 2 aliphatic heterocycles. The SMILES string of the molecule is Cl.Cl.c1cc(CN2CCCC2)c2c(c1)NCC2. The number of hydrogen-bond donors (Lipinski definition) is 1. The van der Waals surface area contributed by atoms with Crippen molar-refractivity contribution in [1.29, 1.82) is 0 Å². The Hall–Kier alpha value is -0.440. The lowest BCUT2D eigenvalue weighted by Gasteiger charge is -2.16. The van der Waals surface area contributed by atoms with Gasteiger partial charge in [-0.3, -0.25) is 4.90 Å². The summed E-state index contributed by atoms with van der Waals surface area (Å²) in [5.74, 6) is 0. The zero-order valence-electron chi connectivity index (χ0n) is 9.95. The van der Waals surface area contributed by atoms with E-state index in [1.165, 1.54) is 38.0 Å². The summed E-state index contributed by atoms with van der Waals surface area (Å²) in [7, 11) is 0. The maximum atomic E-state index is 3.45. The van der Waals surface area contributed by atoms with Gasteiger partial charge in [0.05, 0.1) is 0 Å². The third-order valence-electron chi connectivity index (χ3n) is 3.56. The Labute approximate surface area is 116 Å². The fraction of sp³-hybridized carbons (Fsp3) is 0.538. The van der Waals surface area contributed by atoms with Crippen molar-refractivity contribution in [1.82, 2.24) is 4.90 Å². The van der Waals surface area contributed by atoms with Crippen molar-refractivity contribution in [2.75, 3.05) is 25.0 Å². The predicted octanol–water partition coefficient (Wildman–Crippen LogP) is 3.09. The highest BCUT2D eigenvalue weighted by Gasteiger charge is 2.17. The Kier molecular flexibility index (Phi) is 5.57. The highest BCUT2D eigenvalue weighted by atomic mass is 35.5. The van der Waals surface area contributed by atoms with E-state index in [1.807, 2.05) is 0 Å². The van der Waals surface area contributed by atoms with Gasteiger partial charge < -0.3 is 5.32 Å². The minimum Gasteiger partial charge on any atom is -0.384 e.